The number of aromatic nitrogens is 1. The van der Waals surface area contributed by atoms with E-state index in [0.717, 1.165) is 16.3 Å². The molecule has 0 aliphatic carbocycles. The largest absolute Gasteiger partial charge is 0.396 e. The maximum atomic E-state index is 9.10. The van der Waals surface area contributed by atoms with Crippen molar-refractivity contribution in [3.05, 3.63) is 51.5 Å². The first-order valence-corrected chi connectivity index (χ1v) is 6.61. The summed E-state index contributed by atoms with van der Waals surface area (Å²) in [5.74, 6) is 0.194. The Bertz CT molecular complexity index is 475. The standard InChI is InChI=1S/C14H17NOS/c1-10-3-5-12(6-4-10)7-14-15-8-13(17-14)11(2)9-16/h3-6,8,11,16H,7,9H2,1-2H3. The van der Waals surface area contributed by atoms with Crippen LogP contribution in [-0.4, -0.2) is 16.7 Å². The van der Waals surface area contributed by atoms with E-state index in [2.05, 4.69) is 36.2 Å². The molecule has 3 heteroatoms. The first kappa shape index (κ1) is 12.3. The number of thiazole rings is 1. The van der Waals surface area contributed by atoms with Gasteiger partial charge in [0.2, 0.25) is 0 Å². The van der Waals surface area contributed by atoms with E-state index in [9.17, 15) is 0 Å². The fourth-order valence-electron chi connectivity index (χ4n) is 1.60. The van der Waals surface area contributed by atoms with Crippen molar-refractivity contribution < 1.29 is 5.11 Å². The van der Waals surface area contributed by atoms with Crippen LogP contribution >= 0.6 is 11.3 Å². The quantitative estimate of drug-likeness (QED) is 0.900. The van der Waals surface area contributed by atoms with E-state index in [1.807, 2.05) is 13.1 Å². The molecule has 1 heterocycles. The lowest BCUT2D eigenvalue weighted by Gasteiger charge is -2.01. The van der Waals surface area contributed by atoms with Crippen LogP contribution in [0.4, 0.5) is 0 Å². The molecule has 1 N–H and O–H groups in total. The molecular formula is C14H17NOS. The number of aliphatic hydroxyl groups excluding tert-OH is 1. The lowest BCUT2D eigenvalue weighted by atomic mass is 10.1. The number of hydrogen-bond acceptors (Lipinski definition) is 3. The van der Waals surface area contributed by atoms with Crippen LogP contribution in [-0.2, 0) is 6.42 Å². The molecule has 90 valence electrons. The second kappa shape index (κ2) is 5.43. The lowest BCUT2D eigenvalue weighted by Crippen LogP contribution is -1.94. The summed E-state index contributed by atoms with van der Waals surface area (Å²) in [5.41, 5.74) is 2.57. The summed E-state index contributed by atoms with van der Waals surface area (Å²) in [7, 11) is 0. The van der Waals surface area contributed by atoms with Crippen molar-refractivity contribution in [3.8, 4) is 0 Å². The fourth-order valence-corrected chi connectivity index (χ4v) is 2.60. The first-order chi connectivity index (χ1) is 8.19. The van der Waals surface area contributed by atoms with Gasteiger partial charge in [-0.05, 0) is 12.5 Å². The molecule has 1 atom stereocenters. The maximum Gasteiger partial charge on any atom is 0.0971 e. The predicted octanol–water partition coefficient (Wildman–Crippen LogP) is 3.14. The molecule has 0 radical (unpaired) electrons. The van der Waals surface area contributed by atoms with Crippen molar-refractivity contribution in [1.82, 2.24) is 4.98 Å². The van der Waals surface area contributed by atoms with Crippen LogP contribution in [0.5, 0.6) is 0 Å². The summed E-state index contributed by atoms with van der Waals surface area (Å²) < 4.78 is 0. The van der Waals surface area contributed by atoms with Crippen LogP contribution < -0.4 is 0 Å². The molecule has 2 rings (SSSR count). The summed E-state index contributed by atoms with van der Waals surface area (Å²) >= 11 is 1.69. The molecule has 2 nitrogen and oxygen atoms in total. The maximum absolute atomic E-state index is 9.10. The summed E-state index contributed by atoms with van der Waals surface area (Å²) in [5, 5.41) is 10.2. The minimum atomic E-state index is 0.187. The highest BCUT2D eigenvalue weighted by Gasteiger charge is 2.09. The van der Waals surface area contributed by atoms with Crippen LogP contribution in [0.3, 0.4) is 0 Å². The minimum Gasteiger partial charge on any atom is -0.396 e. The van der Waals surface area contributed by atoms with E-state index in [1.54, 1.807) is 11.3 Å². The van der Waals surface area contributed by atoms with Crippen molar-refractivity contribution in [2.75, 3.05) is 6.61 Å². The smallest absolute Gasteiger partial charge is 0.0971 e. The van der Waals surface area contributed by atoms with Gasteiger partial charge in [0.1, 0.15) is 0 Å². The lowest BCUT2D eigenvalue weighted by molar-refractivity contribution is 0.274. The average Bonchev–Trinajstić information content (AvgIpc) is 2.80. The number of nitrogens with zero attached hydrogens (tertiary/aromatic N) is 1. The Morgan fingerprint density at radius 3 is 2.65 bits per heavy atom. The zero-order valence-corrected chi connectivity index (χ0v) is 11.0. The van der Waals surface area contributed by atoms with Gasteiger partial charge in [-0.1, -0.05) is 36.8 Å². The number of rotatable bonds is 4. The van der Waals surface area contributed by atoms with Crippen LogP contribution in [0.1, 0.15) is 33.9 Å². The molecule has 1 aromatic heterocycles. The normalized spacial score (nSPS) is 12.6. The third-order valence-corrected chi connectivity index (χ3v) is 4.04. The molecule has 0 aliphatic heterocycles. The highest BCUT2D eigenvalue weighted by Crippen LogP contribution is 2.23. The molecule has 0 saturated heterocycles. The van der Waals surface area contributed by atoms with Crippen molar-refractivity contribution in [2.24, 2.45) is 0 Å². The Morgan fingerprint density at radius 1 is 1.29 bits per heavy atom. The van der Waals surface area contributed by atoms with Gasteiger partial charge in [0, 0.05) is 23.4 Å². The molecule has 0 bridgehead atoms. The van der Waals surface area contributed by atoms with Gasteiger partial charge in [-0.3, -0.25) is 0 Å². The highest BCUT2D eigenvalue weighted by atomic mass is 32.1. The van der Waals surface area contributed by atoms with Crippen LogP contribution in [0.15, 0.2) is 30.5 Å². The zero-order valence-electron chi connectivity index (χ0n) is 10.2. The van der Waals surface area contributed by atoms with E-state index in [1.165, 1.54) is 11.1 Å². The number of hydrogen-bond donors (Lipinski definition) is 1. The summed E-state index contributed by atoms with van der Waals surface area (Å²) in [6.07, 6.45) is 2.76. The molecule has 1 aromatic carbocycles. The Kier molecular flexibility index (Phi) is 3.92. The first-order valence-electron chi connectivity index (χ1n) is 5.80. The number of aliphatic hydroxyl groups is 1. The Labute approximate surface area is 106 Å². The molecule has 2 aromatic rings. The van der Waals surface area contributed by atoms with Gasteiger partial charge in [-0.2, -0.15) is 0 Å². The molecule has 1 unspecified atom stereocenters. The van der Waals surface area contributed by atoms with Gasteiger partial charge in [-0.15, -0.1) is 11.3 Å². The topological polar surface area (TPSA) is 33.1 Å². The van der Waals surface area contributed by atoms with E-state index < -0.39 is 0 Å². The van der Waals surface area contributed by atoms with Gasteiger partial charge in [0.15, 0.2) is 0 Å². The Morgan fingerprint density at radius 2 is 2.00 bits per heavy atom. The molecule has 0 spiro atoms. The van der Waals surface area contributed by atoms with Crippen molar-refractivity contribution in [2.45, 2.75) is 26.2 Å². The Balaban J connectivity index is 2.08. The van der Waals surface area contributed by atoms with Gasteiger partial charge in [-0.25, -0.2) is 4.98 Å². The van der Waals surface area contributed by atoms with Crippen LogP contribution in [0.2, 0.25) is 0 Å². The zero-order chi connectivity index (χ0) is 12.3. The molecule has 0 amide bonds. The monoisotopic (exact) mass is 247 g/mol. The predicted molar refractivity (Wildman–Crippen MR) is 71.6 cm³/mol. The van der Waals surface area contributed by atoms with Gasteiger partial charge in [0.25, 0.3) is 0 Å². The second-order valence-electron chi connectivity index (χ2n) is 4.40. The summed E-state index contributed by atoms with van der Waals surface area (Å²) in [4.78, 5) is 5.57. The fraction of sp³-hybridized carbons (Fsp3) is 0.357. The molecule has 0 aliphatic rings. The van der Waals surface area contributed by atoms with Gasteiger partial charge in [0.05, 0.1) is 11.6 Å². The summed E-state index contributed by atoms with van der Waals surface area (Å²) in [6.45, 7) is 4.30. The van der Waals surface area contributed by atoms with Gasteiger partial charge < -0.3 is 5.11 Å². The SMILES string of the molecule is Cc1ccc(Cc2ncc(C(C)CO)s2)cc1. The van der Waals surface area contributed by atoms with Crippen molar-refractivity contribution >= 4 is 11.3 Å². The second-order valence-corrected chi connectivity index (χ2v) is 5.55. The van der Waals surface area contributed by atoms with Crippen molar-refractivity contribution in [3.63, 3.8) is 0 Å². The summed E-state index contributed by atoms with van der Waals surface area (Å²) in [6, 6.07) is 8.54. The molecule has 0 saturated carbocycles. The van der Waals surface area contributed by atoms with E-state index in [-0.39, 0.29) is 12.5 Å². The van der Waals surface area contributed by atoms with E-state index >= 15 is 0 Å². The van der Waals surface area contributed by atoms with Crippen molar-refractivity contribution in [1.29, 1.82) is 0 Å². The highest BCUT2D eigenvalue weighted by molar-refractivity contribution is 7.11. The minimum absolute atomic E-state index is 0.187. The number of aryl methyl sites for hydroxylation is 1. The third kappa shape index (κ3) is 3.14. The third-order valence-electron chi connectivity index (χ3n) is 2.81. The van der Waals surface area contributed by atoms with Crippen LogP contribution in [0.25, 0.3) is 0 Å². The van der Waals surface area contributed by atoms with Gasteiger partial charge >= 0.3 is 0 Å². The molecular weight excluding hydrogens is 230 g/mol. The van der Waals surface area contributed by atoms with Crippen LogP contribution in [0, 0.1) is 6.92 Å². The molecule has 17 heavy (non-hydrogen) atoms. The average molecular weight is 247 g/mol. The molecule has 0 fully saturated rings. The van der Waals surface area contributed by atoms with E-state index in [4.69, 9.17) is 5.11 Å². The Hall–Kier alpha value is -1.19. The number of benzene rings is 1. The van der Waals surface area contributed by atoms with E-state index in [0.29, 0.717) is 0 Å².